The van der Waals surface area contributed by atoms with Gasteiger partial charge in [0.2, 0.25) is 5.82 Å². The Morgan fingerprint density at radius 1 is 1.36 bits per heavy atom. The summed E-state index contributed by atoms with van der Waals surface area (Å²) in [5.41, 5.74) is 8.34. The lowest BCUT2D eigenvalue weighted by Gasteiger charge is -2.26. The number of amides is 2. The Morgan fingerprint density at radius 2 is 2.14 bits per heavy atom. The summed E-state index contributed by atoms with van der Waals surface area (Å²) in [6.07, 6.45) is 0.982. The fourth-order valence-electron chi connectivity index (χ4n) is 3.17. The molecule has 152 valence electrons. The van der Waals surface area contributed by atoms with Crippen LogP contribution in [-0.2, 0) is 6.54 Å². The summed E-state index contributed by atoms with van der Waals surface area (Å²) in [7, 11) is 1.81. The topological polar surface area (TPSA) is 100 Å². The highest BCUT2D eigenvalue weighted by atomic mass is 16.2. The molecule has 28 heavy (non-hydrogen) atoms. The number of nitrogens with one attached hydrogen (secondary N) is 3. The SMILES string of the molecule is CCn1nnc(-c2cccc(NC(=O)N(C)CC3CC(C(C)(C)C)NN3)c2)n1. The average molecular weight is 387 g/mol. The minimum absolute atomic E-state index is 0.150. The van der Waals surface area contributed by atoms with Crippen LogP contribution < -0.4 is 16.2 Å². The van der Waals surface area contributed by atoms with Gasteiger partial charge in [-0.1, -0.05) is 32.9 Å². The first-order valence-corrected chi connectivity index (χ1v) is 9.67. The smallest absolute Gasteiger partial charge is 0.321 e. The van der Waals surface area contributed by atoms with Crippen LogP contribution in [-0.4, -0.2) is 56.8 Å². The van der Waals surface area contributed by atoms with Crippen molar-refractivity contribution in [3.05, 3.63) is 24.3 Å². The molecule has 2 unspecified atom stereocenters. The molecule has 9 heteroatoms. The number of hydrogen-bond donors (Lipinski definition) is 3. The number of tetrazole rings is 1. The molecule has 3 N–H and O–H groups in total. The predicted molar refractivity (Wildman–Crippen MR) is 108 cm³/mol. The van der Waals surface area contributed by atoms with Gasteiger partial charge >= 0.3 is 6.03 Å². The van der Waals surface area contributed by atoms with Gasteiger partial charge in [0.05, 0.1) is 6.54 Å². The van der Waals surface area contributed by atoms with Crippen molar-refractivity contribution >= 4 is 11.7 Å². The molecule has 2 amide bonds. The number of carbonyl (C=O) groups excluding carboxylic acids is 1. The largest absolute Gasteiger partial charge is 0.326 e. The number of urea groups is 1. The molecular formula is C19H30N8O. The summed E-state index contributed by atoms with van der Waals surface area (Å²) in [5.74, 6) is 0.542. The van der Waals surface area contributed by atoms with Gasteiger partial charge in [0.15, 0.2) is 0 Å². The van der Waals surface area contributed by atoms with Gasteiger partial charge in [0.25, 0.3) is 0 Å². The highest BCUT2D eigenvalue weighted by Gasteiger charge is 2.33. The molecule has 2 heterocycles. The van der Waals surface area contributed by atoms with E-state index in [1.807, 2.05) is 31.2 Å². The molecule has 3 rings (SSSR count). The number of aromatic nitrogens is 4. The number of hydrazine groups is 1. The summed E-state index contributed by atoms with van der Waals surface area (Å²) in [6.45, 7) is 9.88. The van der Waals surface area contributed by atoms with Crippen molar-refractivity contribution in [2.45, 2.75) is 52.7 Å². The standard InChI is InChI=1S/C19H30N8O/c1-6-27-24-17(23-25-27)13-8-7-9-14(10-13)20-18(28)26(5)12-15-11-16(22-21-15)19(2,3)4/h7-10,15-16,21-22H,6,11-12H2,1-5H3,(H,20,28). The minimum atomic E-state index is -0.150. The van der Waals surface area contributed by atoms with E-state index >= 15 is 0 Å². The lowest BCUT2D eigenvalue weighted by Crippen LogP contribution is -2.43. The Balaban J connectivity index is 1.58. The zero-order chi connectivity index (χ0) is 20.3. The lowest BCUT2D eigenvalue weighted by atomic mass is 9.84. The van der Waals surface area contributed by atoms with Crippen LogP contribution in [0.2, 0.25) is 0 Å². The van der Waals surface area contributed by atoms with Crippen molar-refractivity contribution in [2.75, 3.05) is 18.9 Å². The van der Waals surface area contributed by atoms with Crippen molar-refractivity contribution in [1.29, 1.82) is 0 Å². The fourth-order valence-corrected chi connectivity index (χ4v) is 3.17. The number of aryl methyl sites for hydroxylation is 1. The second kappa shape index (κ2) is 8.24. The van der Waals surface area contributed by atoms with Gasteiger partial charge in [0.1, 0.15) is 0 Å². The molecule has 1 aliphatic rings. The van der Waals surface area contributed by atoms with Crippen molar-refractivity contribution in [3.63, 3.8) is 0 Å². The van der Waals surface area contributed by atoms with Gasteiger partial charge in [-0.3, -0.25) is 10.9 Å². The van der Waals surface area contributed by atoms with E-state index in [0.717, 1.165) is 12.0 Å². The molecule has 0 radical (unpaired) electrons. The van der Waals surface area contributed by atoms with Crippen molar-refractivity contribution in [3.8, 4) is 11.4 Å². The van der Waals surface area contributed by atoms with E-state index in [-0.39, 0.29) is 17.5 Å². The number of benzene rings is 1. The number of likely N-dealkylation sites (N-methyl/N-ethyl adjacent to an activating group) is 1. The van der Waals surface area contributed by atoms with E-state index in [1.165, 1.54) is 4.80 Å². The summed E-state index contributed by atoms with van der Waals surface area (Å²) in [6, 6.07) is 7.93. The highest BCUT2D eigenvalue weighted by molar-refractivity contribution is 5.89. The van der Waals surface area contributed by atoms with Crippen LogP contribution in [0.3, 0.4) is 0 Å². The molecule has 1 saturated heterocycles. The summed E-state index contributed by atoms with van der Waals surface area (Å²) in [5, 5.41) is 15.3. The van der Waals surface area contributed by atoms with E-state index in [4.69, 9.17) is 0 Å². The molecule has 1 aromatic heterocycles. The molecule has 9 nitrogen and oxygen atoms in total. The third-order valence-electron chi connectivity index (χ3n) is 4.98. The van der Waals surface area contributed by atoms with Gasteiger partial charge < -0.3 is 10.2 Å². The molecule has 1 fully saturated rings. The second-order valence-corrected chi connectivity index (χ2v) is 8.33. The van der Waals surface area contributed by atoms with Gasteiger partial charge in [-0.15, -0.1) is 10.2 Å². The Labute approximate surface area is 165 Å². The number of carbonyl (C=O) groups is 1. The third kappa shape index (κ3) is 4.85. The van der Waals surface area contributed by atoms with Crippen molar-refractivity contribution in [2.24, 2.45) is 5.41 Å². The predicted octanol–water partition coefficient (Wildman–Crippen LogP) is 2.10. The quantitative estimate of drug-likeness (QED) is 0.728. The number of rotatable bonds is 5. The zero-order valence-corrected chi connectivity index (χ0v) is 17.2. The molecule has 0 bridgehead atoms. The van der Waals surface area contributed by atoms with E-state index in [9.17, 15) is 4.79 Å². The molecule has 2 aromatic rings. The first kappa shape index (κ1) is 20.2. The maximum Gasteiger partial charge on any atom is 0.321 e. The second-order valence-electron chi connectivity index (χ2n) is 8.33. The number of nitrogens with zero attached hydrogens (tertiary/aromatic N) is 5. The van der Waals surface area contributed by atoms with Crippen LogP contribution in [0.5, 0.6) is 0 Å². The first-order valence-electron chi connectivity index (χ1n) is 9.67. The maximum atomic E-state index is 12.6. The summed E-state index contributed by atoms with van der Waals surface area (Å²) >= 11 is 0. The Bertz CT molecular complexity index is 812. The van der Waals surface area contributed by atoms with Crippen LogP contribution in [0.4, 0.5) is 10.5 Å². The number of hydrogen-bond acceptors (Lipinski definition) is 6. The van der Waals surface area contributed by atoms with Crippen LogP contribution in [0.15, 0.2) is 24.3 Å². The Kier molecular flexibility index (Phi) is 5.95. The normalized spacial score (nSPS) is 19.6. The van der Waals surface area contributed by atoms with Crippen molar-refractivity contribution in [1.82, 2.24) is 36.0 Å². The zero-order valence-electron chi connectivity index (χ0n) is 17.2. The molecule has 2 atom stereocenters. The van der Waals surface area contributed by atoms with Gasteiger partial charge in [-0.2, -0.15) is 4.80 Å². The third-order valence-corrected chi connectivity index (χ3v) is 4.98. The van der Waals surface area contributed by atoms with E-state index in [2.05, 4.69) is 52.4 Å². The van der Waals surface area contributed by atoms with Crippen LogP contribution >= 0.6 is 0 Å². The Hall–Kier alpha value is -2.52. The molecule has 0 saturated carbocycles. The van der Waals surface area contributed by atoms with Crippen molar-refractivity contribution < 1.29 is 4.79 Å². The monoisotopic (exact) mass is 386 g/mol. The lowest BCUT2D eigenvalue weighted by molar-refractivity contribution is 0.217. The van der Waals surface area contributed by atoms with Crippen LogP contribution in [0, 0.1) is 5.41 Å². The average Bonchev–Trinajstić information content (AvgIpc) is 3.31. The van der Waals surface area contributed by atoms with Crippen LogP contribution in [0.25, 0.3) is 11.4 Å². The van der Waals surface area contributed by atoms with E-state index in [0.29, 0.717) is 30.6 Å². The molecule has 0 aliphatic carbocycles. The summed E-state index contributed by atoms with van der Waals surface area (Å²) in [4.78, 5) is 15.8. The number of anilines is 1. The molecule has 0 spiro atoms. The van der Waals surface area contributed by atoms with E-state index in [1.54, 1.807) is 11.9 Å². The highest BCUT2D eigenvalue weighted by Crippen LogP contribution is 2.25. The summed E-state index contributed by atoms with van der Waals surface area (Å²) < 4.78 is 0. The Morgan fingerprint density at radius 3 is 2.79 bits per heavy atom. The molecule has 1 aromatic carbocycles. The van der Waals surface area contributed by atoms with Crippen LogP contribution in [0.1, 0.15) is 34.1 Å². The minimum Gasteiger partial charge on any atom is -0.326 e. The van der Waals surface area contributed by atoms with Gasteiger partial charge in [0, 0.05) is 36.9 Å². The maximum absolute atomic E-state index is 12.6. The first-order chi connectivity index (χ1) is 13.3. The fraction of sp³-hybridized carbons (Fsp3) is 0.579. The molecule has 1 aliphatic heterocycles. The van der Waals surface area contributed by atoms with Gasteiger partial charge in [-0.25, -0.2) is 4.79 Å². The van der Waals surface area contributed by atoms with E-state index < -0.39 is 0 Å². The van der Waals surface area contributed by atoms with Gasteiger partial charge in [-0.05, 0) is 36.1 Å². The molecular weight excluding hydrogens is 356 g/mol.